The van der Waals surface area contributed by atoms with Gasteiger partial charge in [0.25, 0.3) is 0 Å². The Hall–Kier alpha value is -1.64. The summed E-state index contributed by atoms with van der Waals surface area (Å²) in [4.78, 5) is 19.7. The van der Waals surface area contributed by atoms with Gasteiger partial charge in [0.15, 0.2) is 0 Å². The predicted octanol–water partition coefficient (Wildman–Crippen LogP) is 2.74. The summed E-state index contributed by atoms with van der Waals surface area (Å²) in [5.74, 6) is -4.63. The minimum Gasteiger partial charge on any atom is -0.328 e. The zero-order valence-corrected chi connectivity index (χ0v) is 12.4. The van der Waals surface area contributed by atoms with Gasteiger partial charge < -0.3 is 10.2 Å². The summed E-state index contributed by atoms with van der Waals surface area (Å²) in [5.41, 5.74) is -0.698. The van der Waals surface area contributed by atoms with Gasteiger partial charge >= 0.3 is 10.7 Å². The van der Waals surface area contributed by atoms with Gasteiger partial charge in [-0.3, -0.25) is 9.59 Å². The fraction of sp³-hybridized carbons (Fsp3) is 0.333. The molecule has 1 N–H and O–H groups in total. The first-order valence-corrected chi connectivity index (χ1v) is 6.56. The number of benzene rings is 1. The molecule has 0 bridgehead atoms. The third kappa shape index (κ3) is 4.69. The van der Waals surface area contributed by atoms with Crippen LogP contribution in [0.1, 0.15) is 6.92 Å². The van der Waals surface area contributed by atoms with Crippen molar-refractivity contribution in [2.45, 2.75) is 11.8 Å². The number of likely N-dealkylation sites (N-methyl/N-ethyl adjacent to an activating group) is 1. The number of carbonyl (C=O) groups excluding carboxylic acids is 2. The van der Waals surface area contributed by atoms with Gasteiger partial charge in [0, 0.05) is 22.5 Å². The number of amides is 2. The minimum absolute atomic E-state index is 0.173. The van der Waals surface area contributed by atoms with Crippen molar-refractivity contribution in [2.24, 2.45) is 0 Å². The molecule has 0 spiro atoms. The Morgan fingerprint density at radius 1 is 1.29 bits per heavy atom. The van der Waals surface area contributed by atoms with Crippen molar-refractivity contribution in [1.29, 1.82) is 0 Å². The van der Waals surface area contributed by atoms with E-state index in [0.29, 0.717) is 4.90 Å². The first-order chi connectivity index (χ1) is 9.66. The second-order valence-corrected chi connectivity index (χ2v) is 4.96. The molecule has 1 aromatic rings. The van der Waals surface area contributed by atoms with Crippen LogP contribution in [0.2, 0.25) is 0 Å². The molecular formula is C12H11BrF4N2O2. The number of para-hydroxylation sites is 1. The summed E-state index contributed by atoms with van der Waals surface area (Å²) in [6.07, 6.45) is 0. The van der Waals surface area contributed by atoms with E-state index in [-0.39, 0.29) is 6.54 Å². The van der Waals surface area contributed by atoms with Gasteiger partial charge in [-0.25, -0.2) is 8.78 Å². The molecule has 116 valence electrons. The van der Waals surface area contributed by atoms with Crippen molar-refractivity contribution in [3.63, 3.8) is 0 Å². The summed E-state index contributed by atoms with van der Waals surface area (Å²) in [6, 6.07) is 2.95. The average Bonchev–Trinajstić information content (AvgIpc) is 2.38. The first-order valence-electron chi connectivity index (χ1n) is 5.76. The van der Waals surface area contributed by atoms with Gasteiger partial charge in [0.2, 0.25) is 5.91 Å². The van der Waals surface area contributed by atoms with Crippen molar-refractivity contribution in [2.75, 3.05) is 18.4 Å². The highest BCUT2D eigenvalue weighted by molar-refractivity contribution is 9.10. The molecule has 0 atom stereocenters. The average molecular weight is 371 g/mol. The van der Waals surface area contributed by atoms with Gasteiger partial charge in [0.05, 0.1) is 0 Å². The summed E-state index contributed by atoms with van der Waals surface area (Å²) in [7, 11) is 0. The molecule has 2 amide bonds. The van der Waals surface area contributed by atoms with Crippen molar-refractivity contribution in [1.82, 2.24) is 4.90 Å². The lowest BCUT2D eigenvalue weighted by molar-refractivity contribution is -0.147. The molecule has 0 saturated heterocycles. The zero-order valence-electron chi connectivity index (χ0n) is 10.8. The van der Waals surface area contributed by atoms with E-state index < -0.39 is 40.5 Å². The lowest BCUT2D eigenvalue weighted by Crippen LogP contribution is -2.44. The molecule has 0 aliphatic heterocycles. The molecule has 21 heavy (non-hydrogen) atoms. The first kappa shape index (κ1) is 17.4. The summed E-state index contributed by atoms with van der Waals surface area (Å²) < 4.78 is 52.3. The predicted molar refractivity (Wildman–Crippen MR) is 71.1 cm³/mol. The third-order valence-corrected chi connectivity index (χ3v) is 2.81. The Morgan fingerprint density at radius 2 is 1.81 bits per heavy atom. The number of hydrogen-bond acceptors (Lipinski definition) is 2. The van der Waals surface area contributed by atoms with E-state index in [1.807, 2.05) is 21.2 Å². The standard InChI is InChI=1S/C12H11BrF4N2O2/c1-2-19(11(21)12(13,16)17)6-9(20)18-10-7(14)4-3-5-8(10)15/h3-5H,2,6H2,1H3,(H,18,20). The lowest BCUT2D eigenvalue weighted by Gasteiger charge is -2.22. The van der Waals surface area contributed by atoms with E-state index in [1.54, 1.807) is 0 Å². The SMILES string of the molecule is CCN(CC(=O)Nc1c(F)cccc1F)C(=O)C(F)(F)Br. The van der Waals surface area contributed by atoms with Crippen LogP contribution in [-0.4, -0.2) is 34.6 Å². The molecule has 0 aliphatic carbocycles. The van der Waals surface area contributed by atoms with E-state index in [4.69, 9.17) is 0 Å². The number of alkyl halides is 3. The molecule has 9 heteroatoms. The van der Waals surface area contributed by atoms with Crippen molar-refractivity contribution < 1.29 is 27.2 Å². The Bertz CT molecular complexity index is 528. The summed E-state index contributed by atoms with van der Waals surface area (Å²) in [6.45, 7) is 0.450. The van der Waals surface area contributed by atoms with Crippen molar-refractivity contribution >= 4 is 33.4 Å². The van der Waals surface area contributed by atoms with Crippen LogP contribution >= 0.6 is 15.9 Å². The lowest BCUT2D eigenvalue weighted by atomic mass is 10.3. The molecular weight excluding hydrogens is 360 g/mol. The van der Waals surface area contributed by atoms with Crippen molar-refractivity contribution in [3.8, 4) is 0 Å². The Balaban J connectivity index is 2.79. The van der Waals surface area contributed by atoms with Gasteiger partial charge in [-0.05, 0) is 19.1 Å². The van der Waals surface area contributed by atoms with Crippen LogP contribution in [0, 0.1) is 11.6 Å². The Kier molecular flexibility index (Phi) is 5.70. The molecule has 0 radical (unpaired) electrons. The number of nitrogens with zero attached hydrogens (tertiary/aromatic N) is 1. The molecule has 0 fully saturated rings. The van der Waals surface area contributed by atoms with E-state index in [0.717, 1.165) is 18.2 Å². The number of carbonyl (C=O) groups is 2. The largest absolute Gasteiger partial charge is 0.377 e. The fourth-order valence-corrected chi connectivity index (χ4v) is 1.73. The van der Waals surface area contributed by atoms with Crippen LogP contribution in [0.5, 0.6) is 0 Å². The zero-order chi connectivity index (χ0) is 16.2. The number of rotatable bonds is 5. The van der Waals surface area contributed by atoms with Gasteiger partial charge in [-0.2, -0.15) is 8.78 Å². The highest BCUT2D eigenvalue weighted by atomic mass is 79.9. The van der Waals surface area contributed by atoms with Crippen LogP contribution in [0.15, 0.2) is 18.2 Å². The number of halogens is 5. The molecule has 1 aromatic carbocycles. The maximum absolute atomic E-state index is 13.3. The number of hydrogen-bond donors (Lipinski definition) is 1. The number of nitrogens with one attached hydrogen (secondary N) is 1. The van der Waals surface area contributed by atoms with E-state index >= 15 is 0 Å². The molecule has 0 heterocycles. The highest BCUT2D eigenvalue weighted by Crippen LogP contribution is 2.24. The van der Waals surface area contributed by atoms with Gasteiger partial charge in [0.1, 0.15) is 23.9 Å². The Morgan fingerprint density at radius 3 is 2.24 bits per heavy atom. The second-order valence-electron chi connectivity index (χ2n) is 3.96. The van der Waals surface area contributed by atoms with Gasteiger partial charge in [-0.1, -0.05) is 6.07 Å². The van der Waals surface area contributed by atoms with Crippen LogP contribution in [0.4, 0.5) is 23.2 Å². The van der Waals surface area contributed by atoms with Crippen LogP contribution < -0.4 is 5.32 Å². The number of anilines is 1. The maximum atomic E-state index is 13.3. The van der Waals surface area contributed by atoms with Crippen molar-refractivity contribution in [3.05, 3.63) is 29.8 Å². The van der Waals surface area contributed by atoms with Gasteiger partial charge in [-0.15, -0.1) is 0 Å². The van der Waals surface area contributed by atoms with Crippen LogP contribution in [0.3, 0.4) is 0 Å². The maximum Gasteiger partial charge on any atom is 0.377 e. The topological polar surface area (TPSA) is 49.4 Å². The third-order valence-electron chi connectivity index (χ3n) is 2.47. The van der Waals surface area contributed by atoms with E-state index in [1.165, 1.54) is 6.92 Å². The van der Waals surface area contributed by atoms with E-state index in [9.17, 15) is 27.2 Å². The summed E-state index contributed by atoms with van der Waals surface area (Å²) in [5, 5.41) is 1.91. The highest BCUT2D eigenvalue weighted by Gasteiger charge is 2.39. The van der Waals surface area contributed by atoms with E-state index in [2.05, 4.69) is 0 Å². The minimum atomic E-state index is -3.81. The molecule has 0 saturated carbocycles. The molecule has 1 rings (SSSR count). The smallest absolute Gasteiger partial charge is 0.328 e. The molecule has 0 aliphatic rings. The summed E-state index contributed by atoms with van der Waals surface area (Å²) >= 11 is 1.89. The monoisotopic (exact) mass is 370 g/mol. The molecule has 4 nitrogen and oxygen atoms in total. The van der Waals surface area contributed by atoms with Crippen LogP contribution in [0.25, 0.3) is 0 Å². The molecule has 0 aromatic heterocycles. The quantitative estimate of drug-likeness (QED) is 0.639. The van der Waals surface area contributed by atoms with Crippen LogP contribution in [-0.2, 0) is 9.59 Å². The fourth-order valence-electron chi connectivity index (χ4n) is 1.48. The normalized spacial score (nSPS) is 11.1. The second kappa shape index (κ2) is 6.88. The molecule has 0 unspecified atom stereocenters. The Labute approximate surface area is 126 Å².